The molecule has 5 heteroatoms. The van der Waals surface area contributed by atoms with Gasteiger partial charge in [0.05, 0.1) is 5.02 Å². The summed E-state index contributed by atoms with van der Waals surface area (Å²) in [6, 6.07) is 9.44. The lowest BCUT2D eigenvalue weighted by Crippen LogP contribution is -2.04. The average molecular weight is 448 g/mol. The van der Waals surface area contributed by atoms with Crippen molar-refractivity contribution < 1.29 is 9.18 Å². The molecule has 2 rings (SSSR count). The van der Waals surface area contributed by atoms with E-state index in [0.29, 0.717) is 11.1 Å². The second-order valence-electron chi connectivity index (χ2n) is 4.40. The van der Waals surface area contributed by atoms with Crippen LogP contribution in [0.2, 0.25) is 5.02 Å². The van der Waals surface area contributed by atoms with Crippen LogP contribution in [0, 0.1) is 5.82 Å². The fraction of sp³-hybridized carbons (Fsp3) is 0.350. The Balaban J connectivity index is 0.00000134. The molecule has 0 fully saturated rings. The highest BCUT2D eigenvalue weighted by molar-refractivity contribution is 9.10. The van der Waals surface area contributed by atoms with Crippen LogP contribution in [0.4, 0.5) is 4.39 Å². The summed E-state index contributed by atoms with van der Waals surface area (Å²) in [5.41, 5.74) is 1.97. The van der Waals surface area contributed by atoms with Gasteiger partial charge < -0.3 is 0 Å². The van der Waals surface area contributed by atoms with Gasteiger partial charge >= 0.3 is 0 Å². The van der Waals surface area contributed by atoms with Crippen molar-refractivity contribution in [1.82, 2.24) is 0 Å². The van der Waals surface area contributed by atoms with Crippen LogP contribution in [-0.2, 0) is 5.75 Å². The molecular formula is C20H25BrClFOS. The summed E-state index contributed by atoms with van der Waals surface area (Å²) in [4.78, 5) is 12.5. The van der Waals surface area contributed by atoms with Crippen molar-refractivity contribution in [2.75, 3.05) is 5.75 Å². The van der Waals surface area contributed by atoms with Crippen LogP contribution < -0.4 is 0 Å². The second-order valence-corrected chi connectivity index (χ2v) is 6.94. The van der Waals surface area contributed by atoms with E-state index in [1.165, 1.54) is 12.1 Å². The van der Waals surface area contributed by atoms with Gasteiger partial charge in [-0.25, -0.2) is 4.39 Å². The molecule has 25 heavy (non-hydrogen) atoms. The fourth-order valence-electron chi connectivity index (χ4n) is 1.87. The summed E-state index contributed by atoms with van der Waals surface area (Å²) >= 11 is 11.2. The van der Waals surface area contributed by atoms with Gasteiger partial charge in [-0.1, -0.05) is 68.2 Å². The Morgan fingerprint density at radius 3 is 2.20 bits per heavy atom. The van der Waals surface area contributed by atoms with E-state index in [4.69, 9.17) is 11.6 Å². The van der Waals surface area contributed by atoms with E-state index in [1.807, 2.05) is 51.6 Å². The molecular weight excluding hydrogens is 423 g/mol. The van der Waals surface area contributed by atoms with Gasteiger partial charge in [0.1, 0.15) is 5.82 Å². The topological polar surface area (TPSA) is 17.1 Å². The SMILES string of the molecule is CC.CC.CCSCc1ccc(C(=O)c2ccc(F)cc2Cl)c(Br)c1. The zero-order valence-electron chi connectivity index (χ0n) is 15.3. The molecule has 0 saturated heterocycles. The van der Waals surface area contributed by atoms with E-state index >= 15 is 0 Å². The van der Waals surface area contributed by atoms with Crippen LogP contribution in [0.1, 0.15) is 56.1 Å². The summed E-state index contributed by atoms with van der Waals surface area (Å²) < 4.78 is 13.8. The first kappa shape index (κ1) is 24.2. The molecule has 0 aromatic heterocycles. The number of benzene rings is 2. The third kappa shape index (κ3) is 7.51. The van der Waals surface area contributed by atoms with Gasteiger partial charge in [0.15, 0.2) is 5.78 Å². The average Bonchev–Trinajstić information content (AvgIpc) is 2.63. The van der Waals surface area contributed by atoms with Gasteiger partial charge in [0.25, 0.3) is 0 Å². The molecule has 138 valence electrons. The van der Waals surface area contributed by atoms with Gasteiger partial charge in [0.2, 0.25) is 0 Å². The number of rotatable bonds is 5. The largest absolute Gasteiger partial charge is 0.289 e. The van der Waals surface area contributed by atoms with Gasteiger partial charge in [-0.3, -0.25) is 4.79 Å². The smallest absolute Gasteiger partial charge is 0.195 e. The summed E-state index contributed by atoms with van der Waals surface area (Å²) in [5.74, 6) is 1.27. The quantitative estimate of drug-likeness (QED) is 0.435. The summed E-state index contributed by atoms with van der Waals surface area (Å²) in [5, 5.41) is 0.123. The fourth-order valence-corrected chi connectivity index (χ4v) is 3.35. The minimum absolute atomic E-state index is 0.123. The maximum absolute atomic E-state index is 13.1. The van der Waals surface area contributed by atoms with E-state index in [-0.39, 0.29) is 10.8 Å². The van der Waals surface area contributed by atoms with E-state index in [9.17, 15) is 9.18 Å². The van der Waals surface area contributed by atoms with Crippen molar-refractivity contribution in [1.29, 1.82) is 0 Å². The Hall–Kier alpha value is -0.840. The minimum atomic E-state index is -0.456. The molecule has 2 aromatic rings. The molecule has 0 bridgehead atoms. The van der Waals surface area contributed by atoms with Gasteiger partial charge in [0, 0.05) is 21.4 Å². The number of hydrogen-bond acceptors (Lipinski definition) is 2. The Labute approximate surface area is 168 Å². The molecule has 2 aromatic carbocycles. The lowest BCUT2D eigenvalue weighted by Gasteiger charge is -2.08. The number of halogens is 3. The summed E-state index contributed by atoms with van der Waals surface area (Å²) in [6.45, 7) is 10.1. The highest BCUT2D eigenvalue weighted by Gasteiger charge is 2.16. The lowest BCUT2D eigenvalue weighted by atomic mass is 10.0. The minimum Gasteiger partial charge on any atom is -0.289 e. The molecule has 0 radical (unpaired) electrons. The first-order valence-electron chi connectivity index (χ1n) is 8.39. The zero-order chi connectivity index (χ0) is 19.4. The molecule has 0 atom stereocenters. The number of hydrogen-bond donors (Lipinski definition) is 0. The number of ketones is 1. The maximum Gasteiger partial charge on any atom is 0.195 e. The third-order valence-electron chi connectivity index (χ3n) is 2.93. The maximum atomic E-state index is 13.1. The van der Waals surface area contributed by atoms with Gasteiger partial charge in [-0.15, -0.1) is 0 Å². The van der Waals surface area contributed by atoms with Crippen molar-refractivity contribution in [3.8, 4) is 0 Å². The molecule has 1 nitrogen and oxygen atoms in total. The van der Waals surface area contributed by atoms with Gasteiger partial charge in [-0.05, 0) is 41.6 Å². The molecule has 0 unspecified atom stereocenters. The highest BCUT2D eigenvalue weighted by Crippen LogP contribution is 2.26. The predicted molar refractivity (Wildman–Crippen MR) is 114 cm³/mol. The monoisotopic (exact) mass is 446 g/mol. The first-order valence-corrected chi connectivity index (χ1v) is 10.7. The number of thioether (sulfide) groups is 1. The van der Waals surface area contributed by atoms with E-state index in [2.05, 4.69) is 22.9 Å². The van der Waals surface area contributed by atoms with Crippen molar-refractivity contribution in [2.45, 2.75) is 40.4 Å². The van der Waals surface area contributed by atoms with E-state index in [1.54, 1.807) is 6.07 Å². The lowest BCUT2D eigenvalue weighted by molar-refractivity contribution is 0.103. The molecule has 0 heterocycles. The van der Waals surface area contributed by atoms with Crippen LogP contribution in [0.5, 0.6) is 0 Å². The molecule has 0 amide bonds. The van der Waals surface area contributed by atoms with E-state index in [0.717, 1.165) is 27.6 Å². The number of carbonyl (C=O) groups is 1. The van der Waals surface area contributed by atoms with Crippen LogP contribution in [0.3, 0.4) is 0 Å². The number of carbonyl (C=O) groups excluding carboxylic acids is 1. The predicted octanol–water partition coefficient (Wildman–Crippen LogP) is 7.78. The Morgan fingerprint density at radius 1 is 1.08 bits per heavy atom. The van der Waals surface area contributed by atoms with Gasteiger partial charge in [-0.2, -0.15) is 11.8 Å². The zero-order valence-corrected chi connectivity index (χ0v) is 18.5. The summed E-state index contributed by atoms with van der Waals surface area (Å²) in [6.07, 6.45) is 0. The third-order valence-corrected chi connectivity index (χ3v) is 4.84. The highest BCUT2D eigenvalue weighted by atomic mass is 79.9. The molecule has 0 aliphatic carbocycles. The van der Waals surface area contributed by atoms with Crippen LogP contribution >= 0.6 is 39.3 Å². The second kappa shape index (κ2) is 13.4. The standard InChI is InChI=1S/C16H13BrClFOS.2C2H6/c1-2-21-9-10-3-5-12(14(17)7-10)16(20)13-6-4-11(19)8-15(13)18;2*1-2/h3-8H,2,9H2,1H3;2*1-2H3. The van der Waals surface area contributed by atoms with Crippen LogP contribution in [0.25, 0.3) is 0 Å². The molecule has 0 aliphatic heterocycles. The molecule has 0 spiro atoms. The Bertz CT molecular complexity index is 677. The first-order chi connectivity index (χ1) is 12.0. The molecule has 0 aliphatic rings. The van der Waals surface area contributed by atoms with Crippen molar-refractivity contribution in [3.63, 3.8) is 0 Å². The molecule has 0 saturated carbocycles. The van der Waals surface area contributed by atoms with Crippen molar-refractivity contribution >= 4 is 45.1 Å². The normalized spacial score (nSPS) is 9.44. The van der Waals surface area contributed by atoms with Crippen molar-refractivity contribution in [2.24, 2.45) is 0 Å². The van der Waals surface area contributed by atoms with E-state index < -0.39 is 5.82 Å². The van der Waals surface area contributed by atoms with Crippen LogP contribution in [0.15, 0.2) is 40.9 Å². The van der Waals surface area contributed by atoms with Crippen LogP contribution in [-0.4, -0.2) is 11.5 Å². The summed E-state index contributed by atoms with van der Waals surface area (Å²) in [7, 11) is 0. The Morgan fingerprint density at radius 2 is 1.68 bits per heavy atom. The Kier molecular flexibility index (Phi) is 12.9. The molecule has 0 N–H and O–H groups in total. The van der Waals surface area contributed by atoms with Crippen molar-refractivity contribution in [3.05, 3.63) is 68.4 Å².